The van der Waals surface area contributed by atoms with Crippen LogP contribution in [0.2, 0.25) is 0 Å². The van der Waals surface area contributed by atoms with Crippen LogP contribution in [0, 0.1) is 0 Å². The van der Waals surface area contributed by atoms with Gasteiger partial charge in [-0.05, 0) is 55.7 Å². The smallest absolute Gasteiger partial charge is 0.328 e. The Kier molecular flexibility index (Phi) is 5.91. The fourth-order valence-corrected chi connectivity index (χ4v) is 4.00. The molecular formula is C23H24N4O5. The standard InChI is InChI=1S/C23H24N4O5/c1-3-26-22(30)17-9-7-15(11-18(17)25-23(26)31)21(29)24-16-8-6-14-5-4-10-27(19(14)12-16)20(28)13-32-2/h6-9,11-12H,3-5,10,13H2,1-2H3,(H,24,29)(H,25,31). The van der Waals surface area contributed by atoms with E-state index >= 15 is 0 Å². The molecule has 2 amide bonds. The van der Waals surface area contributed by atoms with Crippen LogP contribution in [0.5, 0.6) is 0 Å². The molecule has 2 aromatic carbocycles. The number of benzene rings is 2. The fraction of sp³-hybridized carbons (Fsp3) is 0.304. The van der Waals surface area contributed by atoms with E-state index in [9.17, 15) is 19.2 Å². The van der Waals surface area contributed by atoms with Crippen molar-refractivity contribution in [2.45, 2.75) is 26.3 Å². The second-order valence-corrected chi connectivity index (χ2v) is 7.62. The summed E-state index contributed by atoms with van der Waals surface area (Å²) in [6, 6.07) is 10.0. The highest BCUT2D eigenvalue weighted by Gasteiger charge is 2.23. The van der Waals surface area contributed by atoms with Gasteiger partial charge in [0.05, 0.1) is 10.9 Å². The minimum absolute atomic E-state index is 0.00888. The van der Waals surface area contributed by atoms with Crippen LogP contribution in [0.3, 0.4) is 0 Å². The summed E-state index contributed by atoms with van der Waals surface area (Å²) in [5.74, 6) is -0.522. The van der Waals surface area contributed by atoms with E-state index < -0.39 is 17.2 Å². The summed E-state index contributed by atoms with van der Waals surface area (Å²) in [4.78, 5) is 54.1. The lowest BCUT2D eigenvalue weighted by Gasteiger charge is -2.29. The minimum atomic E-state index is -0.516. The van der Waals surface area contributed by atoms with E-state index in [0.29, 0.717) is 28.7 Å². The SMILES string of the molecule is CCn1c(=O)[nH]c2cc(C(=O)Nc3ccc4c(c3)N(C(=O)COC)CCC4)ccc2c1=O. The molecule has 9 heteroatoms. The van der Waals surface area contributed by atoms with Gasteiger partial charge in [0.2, 0.25) is 0 Å². The van der Waals surface area contributed by atoms with E-state index in [1.165, 1.54) is 19.2 Å². The maximum atomic E-state index is 12.8. The second-order valence-electron chi connectivity index (χ2n) is 7.62. The van der Waals surface area contributed by atoms with Gasteiger partial charge in [0.1, 0.15) is 6.61 Å². The van der Waals surface area contributed by atoms with Crippen LogP contribution in [0.25, 0.3) is 10.9 Å². The van der Waals surface area contributed by atoms with E-state index in [2.05, 4.69) is 10.3 Å². The van der Waals surface area contributed by atoms with Crippen molar-refractivity contribution in [3.63, 3.8) is 0 Å². The Hall–Kier alpha value is -3.72. The Morgan fingerprint density at radius 2 is 1.97 bits per heavy atom. The summed E-state index contributed by atoms with van der Waals surface area (Å²) >= 11 is 0. The Balaban J connectivity index is 1.62. The Labute approximate surface area is 183 Å². The average Bonchev–Trinajstić information content (AvgIpc) is 2.78. The number of H-pyrrole nitrogens is 1. The predicted octanol–water partition coefficient (Wildman–Crippen LogP) is 1.89. The lowest BCUT2D eigenvalue weighted by molar-refractivity contribution is -0.122. The molecule has 0 aliphatic carbocycles. The Morgan fingerprint density at radius 1 is 1.16 bits per heavy atom. The molecule has 0 saturated heterocycles. The van der Waals surface area contributed by atoms with E-state index in [1.807, 2.05) is 6.07 Å². The van der Waals surface area contributed by atoms with Crippen LogP contribution < -0.4 is 21.5 Å². The molecule has 0 atom stereocenters. The normalized spacial score (nSPS) is 13.1. The number of anilines is 2. The van der Waals surface area contributed by atoms with Crippen LogP contribution >= 0.6 is 0 Å². The molecule has 0 fully saturated rings. The monoisotopic (exact) mass is 436 g/mol. The van der Waals surface area contributed by atoms with E-state index in [1.54, 1.807) is 30.0 Å². The summed E-state index contributed by atoms with van der Waals surface area (Å²) < 4.78 is 6.08. The van der Waals surface area contributed by atoms with Crippen molar-refractivity contribution >= 4 is 34.1 Å². The van der Waals surface area contributed by atoms with Crippen molar-refractivity contribution in [1.82, 2.24) is 9.55 Å². The number of ether oxygens (including phenoxy) is 1. The second kappa shape index (κ2) is 8.80. The van der Waals surface area contributed by atoms with Crippen LogP contribution in [-0.2, 0) is 22.5 Å². The van der Waals surface area contributed by atoms with Crippen LogP contribution in [0.4, 0.5) is 11.4 Å². The third kappa shape index (κ3) is 3.94. The number of amides is 2. The third-order valence-electron chi connectivity index (χ3n) is 5.59. The molecule has 0 unspecified atom stereocenters. The average molecular weight is 436 g/mol. The first-order chi connectivity index (χ1) is 15.4. The van der Waals surface area contributed by atoms with Gasteiger partial charge in [-0.3, -0.25) is 19.0 Å². The van der Waals surface area contributed by atoms with Crippen LogP contribution in [0.1, 0.15) is 29.3 Å². The first kappa shape index (κ1) is 21.5. The van der Waals surface area contributed by atoms with Crippen molar-refractivity contribution in [3.05, 3.63) is 68.4 Å². The number of nitrogens with one attached hydrogen (secondary N) is 2. The summed E-state index contributed by atoms with van der Waals surface area (Å²) in [5, 5.41) is 3.17. The molecule has 1 aliphatic rings. The number of aromatic amines is 1. The summed E-state index contributed by atoms with van der Waals surface area (Å²) in [7, 11) is 1.48. The zero-order valence-corrected chi connectivity index (χ0v) is 17.9. The number of carbonyl (C=O) groups excluding carboxylic acids is 2. The molecule has 1 aromatic heterocycles. The Bertz CT molecular complexity index is 1320. The molecule has 2 N–H and O–H groups in total. The zero-order chi connectivity index (χ0) is 22.8. The van der Waals surface area contributed by atoms with Crippen molar-refractivity contribution in [2.75, 3.05) is 30.5 Å². The van der Waals surface area contributed by atoms with Gasteiger partial charge in [-0.25, -0.2) is 4.79 Å². The Morgan fingerprint density at radius 3 is 2.72 bits per heavy atom. The maximum Gasteiger partial charge on any atom is 0.328 e. The highest BCUT2D eigenvalue weighted by molar-refractivity contribution is 6.06. The van der Waals surface area contributed by atoms with Crippen molar-refractivity contribution in [3.8, 4) is 0 Å². The number of hydrogen-bond acceptors (Lipinski definition) is 5. The summed E-state index contributed by atoms with van der Waals surface area (Å²) in [6.45, 7) is 2.56. The number of nitrogens with zero attached hydrogens (tertiary/aromatic N) is 2. The molecule has 0 bridgehead atoms. The van der Waals surface area contributed by atoms with Gasteiger partial charge in [0.15, 0.2) is 0 Å². The quantitative estimate of drug-likeness (QED) is 0.634. The maximum absolute atomic E-state index is 12.8. The highest BCUT2D eigenvalue weighted by Crippen LogP contribution is 2.30. The van der Waals surface area contributed by atoms with E-state index in [0.717, 1.165) is 28.7 Å². The number of methoxy groups -OCH3 is 1. The van der Waals surface area contributed by atoms with Gasteiger partial charge in [0, 0.05) is 37.1 Å². The topological polar surface area (TPSA) is 114 Å². The summed E-state index contributed by atoms with van der Waals surface area (Å²) in [6.07, 6.45) is 1.72. The minimum Gasteiger partial charge on any atom is -0.375 e. The summed E-state index contributed by atoms with van der Waals surface area (Å²) in [5.41, 5.74) is 2.03. The highest BCUT2D eigenvalue weighted by atomic mass is 16.5. The van der Waals surface area contributed by atoms with Crippen molar-refractivity contribution in [1.29, 1.82) is 0 Å². The molecule has 166 valence electrons. The molecule has 0 radical (unpaired) electrons. The van der Waals surface area contributed by atoms with E-state index in [4.69, 9.17) is 4.74 Å². The first-order valence-corrected chi connectivity index (χ1v) is 10.4. The van der Waals surface area contributed by atoms with Crippen LogP contribution in [-0.4, -0.2) is 41.6 Å². The number of aryl methyl sites for hydroxylation is 1. The molecule has 9 nitrogen and oxygen atoms in total. The van der Waals surface area contributed by atoms with Gasteiger partial charge >= 0.3 is 5.69 Å². The van der Waals surface area contributed by atoms with Crippen molar-refractivity contribution < 1.29 is 14.3 Å². The molecule has 1 aliphatic heterocycles. The molecule has 32 heavy (non-hydrogen) atoms. The lowest BCUT2D eigenvalue weighted by atomic mass is 10.0. The first-order valence-electron chi connectivity index (χ1n) is 10.4. The van der Waals surface area contributed by atoms with Crippen LogP contribution in [0.15, 0.2) is 46.0 Å². The van der Waals surface area contributed by atoms with Gasteiger partial charge in [-0.1, -0.05) is 6.07 Å². The number of rotatable bonds is 5. The molecule has 3 aromatic rings. The largest absolute Gasteiger partial charge is 0.375 e. The van der Waals surface area contributed by atoms with Crippen molar-refractivity contribution in [2.24, 2.45) is 0 Å². The lowest BCUT2D eigenvalue weighted by Crippen LogP contribution is -2.37. The van der Waals surface area contributed by atoms with Gasteiger partial charge < -0.3 is 19.9 Å². The molecular weight excluding hydrogens is 412 g/mol. The number of hydrogen-bond donors (Lipinski definition) is 2. The van der Waals surface area contributed by atoms with Gasteiger partial charge in [-0.15, -0.1) is 0 Å². The molecule has 0 saturated carbocycles. The van der Waals surface area contributed by atoms with Gasteiger partial charge in [-0.2, -0.15) is 0 Å². The number of carbonyl (C=O) groups is 2. The zero-order valence-electron chi connectivity index (χ0n) is 17.9. The van der Waals surface area contributed by atoms with E-state index in [-0.39, 0.29) is 19.1 Å². The predicted molar refractivity (Wildman–Crippen MR) is 121 cm³/mol. The number of aromatic nitrogens is 2. The van der Waals surface area contributed by atoms with Gasteiger partial charge in [0.25, 0.3) is 17.4 Å². The molecule has 2 heterocycles. The third-order valence-corrected chi connectivity index (χ3v) is 5.59. The molecule has 4 rings (SSSR count). The number of fused-ring (bicyclic) bond motifs is 2. The fourth-order valence-electron chi connectivity index (χ4n) is 4.00. The molecule has 0 spiro atoms.